The minimum absolute atomic E-state index is 0.335. The molecule has 0 radical (unpaired) electrons. The average Bonchev–Trinajstić information content (AvgIpc) is 2.30. The number of piperidine rings is 1. The lowest BCUT2D eigenvalue weighted by Crippen LogP contribution is -2.45. The molecule has 1 aromatic carbocycles. The second-order valence-corrected chi connectivity index (χ2v) is 5.23. The Kier molecular flexibility index (Phi) is 3.65. The van der Waals surface area contributed by atoms with Gasteiger partial charge in [0.15, 0.2) is 0 Å². The van der Waals surface area contributed by atoms with E-state index in [4.69, 9.17) is 5.26 Å². The van der Waals surface area contributed by atoms with Crippen molar-refractivity contribution in [2.24, 2.45) is 0 Å². The van der Waals surface area contributed by atoms with Crippen molar-refractivity contribution >= 4 is 0 Å². The van der Waals surface area contributed by atoms with Crippen LogP contribution in [0.15, 0.2) is 18.2 Å². The summed E-state index contributed by atoms with van der Waals surface area (Å²) in [7, 11) is 0. The molecule has 0 spiro atoms. The average molecular weight is 248 g/mol. The molecule has 1 aliphatic rings. The standard InChI is InChI=1S/C14H17FN2O/c1-14(18)5-2-6-17(10-14)9-12-4-3-11(8-16)7-13(12)15/h3-4,7,18H,2,5-6,9-10H2,1H3. The number of hydrogen-bond donors (Lipinski definition) is 1. The maximum absolute atomic E-state index is 13.7. The molecule has 0 saturated carbocycles. The highest BCUT2D eigenvalue weighted by Gasteiger charge is 2.28. The zero-order valence-electron chi connectivity index (χ0n) is 10.5. The van der Waals surface area contributed by atoms with E-state index in [1.54, 1.807) is 12.1 Å². The van der Waals surface area contributed by atoms with Gasteiger partial charge in [0.25, 0.3) is 0 Å². The third-order valence-electron chi connectivity index (χ3n) is 3.33. The van der Waals surface area contributed by atoms with Crippen LogP contribution < -0.4 is 0 Å². The van der Waals surface area contributed by atoms with Crippen LogP contribution in [0.3, 0.4) is 0 Å². The fourth-order valence-electron chi connectivity index (χ4n) is 2.44. The van der Waals surface area contributed by atoms with Gasteiger partial charge < -0.3 is 5.11 Å². The Morgan fingerprint density at radius 2 is 2.33 bits per heavy atom. The number of benzene rings is 1. The largest absolute Gasteiger partial charge is 0.389 e. The second-order valence-electron chi connectivity index (χ2n) is 5.23. The number of β-amino-alcohol motifs (C(OH)–C–C–N with tert-alkyl or cyclic N) is 1. The Morgan fingerprint density at radius 3 is 2.94 bits per heavy atom. The van der Waals surface area contributed by atoms with Crippen molar-refractivity contribution in [3.05, 3.63) is 35.1 Å². The summed E-state index contributed by atoms with van der Waals surface area (Å²) < 4.78 is 13.7. The van der Waals surface area contributed by atoms with Crippen molar-refractivity contribution in [1.29, 1.82) is 5.26 Å². The lowest BCUT2D eigenvalue weighted by atomic mass is 9.95. The van der Waals surface area contributed by atoms with Crippen molar-refractivity contribution in [2.45, 2.75) is 31.9 Å². The first-order chi connectivity index (χ1) is 8.50. The van der Waals surface area contributed by atoms with Gasteiger partial charge in [-0.1, -0.05) is 6.07 Å². The molecule has 1 aliphatic heterocycles. The minimum atomic E-state index is -0.679. The summed E-state index contributed by atoms with van der Waals surface area (Å²) in [5, 5.41) is 18.7. The maximum Gasteiger partial charge on any atom is 0.129 e. The molecule has 1 unspecified atom stereocenters. The highest BCUT2D eigenvalue weighted by Crippen LogP contribution is 2.22. The molecule has 0 bridgehead atoms. The van der Waals surface area contributed by atoms with E-state index in [2.05, 4.69) is 0 Å². The Labute approximate surface area is 106 Å². The van der Waals surface area contributed by atoms with E-state index >= 15 is 0 Å². The van der Waals surface area contributed by atoms with E-state index in [-0.39, 0.29) is 5.82 Å². The summed E-state index contributed by atoms with van der Waals surface area (Å²) in [6.45, 7) is 3.73. The first-order valence-corrected chi connectivity index (χ1v) is 6.13. The molecule has 3 nitrogen and oxygen atoms in total. The number of hydrogen-bond acceptors (Lipinski definition) is 3. The van der Waals surface area contributed by atoms with Crippen LogP contribution in [-0.2, 0) is 6.54 Å². The van der Waals surface area contributed by atoms with Gasteiger partial charge in [0.05, 0.1) is 17.2 Å². The van der Waals surface area contributed by atoms with Crippen molar-refractivity contribution in [3.63, 3.8) is 0 Å². The van der Waals surface area contributed by atoms with E-state index in [1.165, 1.54) is 6.07 Å². The summed E-state index contributed by atoms with van der Waals surface area (Å²) in [4.78, 5) is 2.05. The number of halogens is 1. The summed E-state index contributed by atoms with van der Waals surface area (Å²) in [5.41, 5.74) is 0.231. The Morgan fingerprint density at radius 1 is 1.56 bits per heavy atom. The highest BCUT2D eigenvalue weighted by atomic mass is 19.1. The van der Waals surface area contributed by atoms with Gasteiger partial charge in [-0.2, -0.15) is 5.26 Å². The SMILES string of the molecule is CC1(O)CCCN(Cc2ccc(C#N)cc2F)C1. The molecule has 1 saturated heterocycles. The molecule has 18 heavy (non-hydrogen) atoms. The lowest BCUT2D eigenvalue weighted by Gasteiger charge is -2.36. The fourth-order valence-corrected chi connectivity index (χ4v) is 2.44. The number of likely N-dealkylation sites (tertiary alicyclic amines) is 1. The molecule has 1 fully saturated rings. The first kappa shape index (κ1) is 13.0. The Hall–Kier alpha value is -1.44. The number of nitrogens with zero attached hydrogens (tertiary/aromatic N) is 2. The number of rotatable bonds is 2. The van der Waals surface area contributed by atoms with Crippen LogP contribution in [-0.4, -0.2) is 28.7 Å². The van der Waals surface area contributed by atoms with Gasteiger partial charge >= 0.3 is 0 Å². The van der Waals surface area contributed by atoms with Gasteiger partial charge in [-0.15, -0.1) is 0 Å². The van der Waals surface area contributed by atoms with Crippen molar-refractivity contribution in [3.8, 4) is 6.07 Å². The van der Waals surface area contributed by atoms with Crippen LogP contribution in [0, 0.1) is 17.1 Å². The second kappa shape index (κ2) is 5.05. The van der Waals surface area contributed by atoms with Crippen LogP contribution in [0.1, 0.15) is 30.9 Å². The fraction of sp³-hybridized carbons (Fsp3) is 0.500. The van der Waals surface area contributed by atoms with Crippen molar-refractivity contribution < 1.29 is 9.50 Å². The third kappa shape index (κ3) is 3.06. The summed E-state index contributed by atoms with van der Waals surface area (Å²) in [5.74, 6) is -0.348. The molecular formula is C14H17FN2O. The lowest BCUT2D eigenvalue weighted by molar-refractivity contribution is -0.0184. The monoisotopic (exact) mass is 248 g/mol. The number of aliphatic hydroxyl groups is 1. The minimum Gasteiger partial charge on any atom is -0.389 e. The van der Waals surface area contributed by atoms with Crippen molar-refractivity contribution in [2.75, 3.05) is 13.1 Å². The summed E-state index contributed by atoms with van der Waals surface area (Å²) >= 11 is 0. The predicted molar refractivity (Wildman–Crippen MR) is 66.2 cm³/mol. The molecule has 1 aromatic rings. The topological polar surface area (TPSA) is 47.3 Å². The molecule has 2 rings (SSSR count). The van der Waals surface area contributed by atoms with Crippen LogP contribution in [0.2, 0.25) is 0 Å². The quantitative estimate of drug-likeness (QED) is 0.871. The molecule has 4 heteroatoms. The zero-order chi connectivity index (χ0) is 13.2. The molecular weight excluding hydrogens is 231 g/mol. The molecule has 0 aromatic heterocycles. The molecule has 1 heterocycles. The van der Waals surface area contributed by atoms with E-state index in [1.807, 2.05) is 17.9 Å². The molecule has 1 atom stereocenters. The maximum atomic E-state index is 13.7. The van der Waals surface area contributed by atoms with E-state index in [0.29, 0.717) is 24.2 Å². The zero-order valence-corrected chi connectivity index (χ0v) is 10.5. The van der Waals surface area contributed by atoms with Gasteiger partial charge in [-0.05, 0) is 38.4 Å². The van der Waals surface area contributed by atoms with Crippen LogP contribution in [0.5, 0.6) is 0 Å². The van der Waals surface area contributed by atoms with Crippen LogP contribution in [0.25, 0.3) is 0 Å². The number of nitriles is 1. The normalized spacial score (nSPS) is 24.8. The van der Waals surface area contributed by atoms with Gasteiger partial charge in [0.1, 0.15) is 5.82 Å². The Balaban J connectivity index is 2.08. The smallest absolute Gasteiger partial charge is 0.129 e. The molecule has 0 amide bonds. The van der Waals surface area contributed by atoms with E-state index < -0.39 is 5.60 Å². The van der Waals surface area contributed by atoms with Crippen molar-refractivity contribution in [1.82, 2.24) is 4.90 Å². The predicted octanol–water partition coefficient (Wildman–Crippen LogP) is 2.04. The van der Waals surface area contributed by atoms with E-state index in [0.717, 1.165) is 19.4 Å². The summed E-state index contributed by atoms with van der Waals surface area (Å²) in [6, 6.07) is 6.45. The van der Waals surface area contributed by atoms with Crippen LogP contribution >= 0.6 is 0 Å². The molecule has 1 N–H and O–H groups in total. The first-order valence-electron chi connectivity index (χ1n) is 6.13. The van der Waals surface area contributed by atoms with Gasteiger partial charge in [0.2, 0.25) is 0 Å². The third-order valence-corrected chi connectivity index (χ3v) is 3.33. The molecule has 0 aliphatic carbocycles. The van der Waals surface area contributed by atoms with Crippen LogP contribution in [0.4, 0.5) is 4.39 Å². The summed E-state index contributed by atoms with van der Waals surface area (Å²) in [6.07, 6.45) is 1.71. The van der Waals surface area contributed by atoms with Gasteiger partial charge in [0, 0.05) is 18.7 Å². The molecule has 96 valence electrons. The highest BCUT2D eigenvalue weighted by molar-refractivity contribution is 5.32. The Bertz CT molecular complexity index is 479. The van der Waals surface area contributed by atoms with Gasteiger partial charge in [-0.25, -0.2) is 4.39 Å². The van der Waals surface area contributed by atoms with E-state index in [9.17, 15) is 9.50 Å². The van der Waals surface area contributed by atoms with Gasteiger partial charge in [-0.3, -0.25) is 4.90 Å².